The fourth-order valence-electron chi connectivity index (χ4n) is 6.72. The summed E-state index contributed by atoms with van der Waals surface area (Å²) >= 11 is 0. The van der Waals surface area contributed by atoms with Crippen LogP contribution in [-0.2, 0) is 14.8 Å². The Morgan fingerprint density at radius 2 is 1.89 bits per heavy atom. The Bertz CT molecular complexity index is 1430. The van der Waals surface area contributed by atoms with Crippen molar-refractivity contribution in [3.8, 4) is 11.6 Å². The summed E-state index contributed by atoms with van der Waals surface area (Å²) < 4.78 is 52.9. The number of ether oxygens (including phenoxy) is 2. The highest BCUT2D eigenvalue weighted by Crippen LogP contribution is 2.44. The summed E-state index contributed by atoms with van der Waals surface area (Å²) in [5, 5.41) is 8.13. The zero-order chi connectivity index (χ0) is 32.4. The smallest absolute Gasteiger partial charge is 0.282 e. The maximum atomic E-state index is 14.3. The number of amides is 1. The van der Waals surface area contributed by atoms with Gasteiger partial charge >= 0.3 is 0 Å². The van der Waals surface area contributed by atoms with E-state index in [-0.39, 0.29) is 58.5 Å². The van der Waals surface area contributed by atoms with E-state index in [0.717, 1.165) is 58.4 Å². The van der Waals surface area contributed by atoms with E-state index in [4.69, 9.17) is 9.47 Å². The average molecular weight is 648 g/mol. The first-order valence-electron chi connectivity index (χ1n) is 16.0. The maximum absolute atomic E-state index is 14.3. The number of nitrogens with one attached hydrogen (secondary N) is 1. The number of carbonyl (C=O) groups excluding carboxylic acids is 1. The highest BCUT2D eigenvalue weighted by molar-refractivity contribution is 7.89. The van der Waals surface area contributed by atoms with E-state index < -0.39 is 15.8 Å². The molecule has 0 aliphatic carbocycles. The van der Waals surface area contributed by atoms with Crippen LogP contribution in [0.15, 0.2) is 24.5 Å². The molecule has 1 amide bonds. The standard InChI is InChI=1S/C31H46FN7O5S/c1-6-45(41,42)36-24-8-9-25(43-17-24)16-37-13-11-31(12-14-37)18-38(19-31)28-29(35-34-20-33-28)44-27-10-7-23(32)15-26(27)30(40)39(21(2)3)22(4)5/h7,10,15,20-22,24-25,36H,6,8-9,11-14,16-19H2,1-5H3/t24-,25+/m1/s1. The molecule has 1 spiro atoms. The van der Waals surface area contributed by atoms with Gasteiger partial charge in [-0.2, -0.15) is 0 Å². The van der Waals surface area contributed by atoms with Crippen LogP contribution in [0.3, 0.4) is 0 Å². The summed E-state index contributed by atoms with van der Waals surface area (Å²) in [6.45, 7) is 14.1. The third-order valence-electron chi connectivity index (χ3n) is 9.12. The lowest BCUT2D eigenvalue weighted by molar-refractivity contribution is -0.0299. The quantitative estimate of drug-likeness (QED) is 0.387. The third kappa shape index (κ3) is 7.90. The average Bonchev–Trinajstić information content (AvgIpc) is 2.98. The molecule has 5 rings (SSSR count). The van der Waals surface area contributed by atoms with Crippen LogP contribution in [0.2, 0.25) is 0 Å². The molecule has 248 valence electrons. The summed E-state index contributed by atoms with van der Waals surface area (Å²) in [5.74, 6) is 0.175. The lowest BCUT2D eigenvalue weighted by Gasteiger charge is -2.54. The van der Waals surface area contributed by atoms with E-state index >= 15 is 0 Å². The van der Waals surface area contributed by atoms with Crippen molar-refractivity contribution < 1.29 is 27.1 Å². The van der Waals surface area contributed by atoms with Gasteiger partial charge in [0.15, 0.2) is 5.82 Å². The predicted octanol–water partition coefficient (Wildman–Crippen LogP) is 3.45. The molecule has 1 aromatic carbocycles. The van der Waals surface area contributed by atoms with Crippen molar-refractivity contribution in [1.29, 1.82) is 0 Å². The molecule has 12 nitrogen and oxygen atoms in total. The Morgan fingerprint density at radius 3 is 2.51 bits per heavy atom. The van der Waals surface area contributed by atoms with Crippen molar-refractivity contribution >= 4 is 21.7 Å². The molecule has 3 aliphatic heterocycles. The molecule has 1 aromatic heterocycles. The number of aromatic nitrogens is 3. The molecule has 3 fully saturated rings. The third-order valence-corrected chi connectivity index (χ3v) is 10.6. The van der Waals surface area contributed by atoms with Crippen LogP contribution in [0.4, 0.5) is 10.2 Å². The zero-order valence-electron chi connectivity index (χ0n) is 26.9. The second-order valence-corrected chi connectivity index (χ2v) is 15.2. The molecule has 3 saturated heterocycles. The molecule has 0 radical (unpaired) electrons. The SMILES string of the molecule is CCS(=O)(=O)N[C@@H]1CC[C@@H](CN2CCC3(CC2)CN(c2ncnnc2Oc2ccc(F)cc2C(=O)N(C(C)C)C(C)C)C3)OC1. The Kier molecular flexibility index (Phi) is 10.3. The van der Waals surface area contributed by atoms with Gasteiger partial charge in [0.1, 0.15) is 17.9 Å². The number of carbonyl (C=O) groups is 1. The predicted molar refractivity (Wildman–Crippen MR) is 168 cm³/mol. The molecule has 1 N–H and O–H groups in total. The summed E-state index contributed by atoms with van der Waals surface area (Å²) in [6, 6.07) is 3.61. The maximum Gasteiger partial charge on any atom is 0.282 e. The molecule has 2 aromatic rings. The van der Waals surface area contributed by atoms with Crippen LogP contribution in [0, 0.1) is 11.2 Å². The van der Waals surface area contributed by atoms with Crippen LogP contribution >= 0.6 is 0 Å². The fourth-order valence-corrected chi connectivity index (χ4v) is 7.58. The summed E-state index contributed by atoms with van der Waals surface area (Å²) in [5.41, 5.74) is 0.294. The number of sulfonamides is 1. The first-order chi connectivity index (χ1) is 21.4. The molecule has 4 heterocycles. The second kappa shape index (κ2) is 13.8. The second-order valence-electron chi connectivity index (χ2n) is 13.1. The lowest BCUT2D eigenvalue weighted by Crippen LogP contribution is -2.61. The summed E-state index contributed by atoms with van der Waals surface area (Å²) in [7, 11) is -3.23. The first-order valence-corrected chi connectivity index (χ1v) is 17.6. The minimum atomic E-state index is -3.23. The van der Waals surface area contributed by atoms with E-state index in [1.807, 2.05) is 27.7 Å². The van der Waals surface area contributed by atoms with Gasteiger partial charge in [0, 0.05) is 43.2 Å². The fraction of sp³-hybridized carbons (Fsp3) is 0.677. The van der Waals surface area contributed by atoms with Crippen molar-refractivity contribution in [3.63, 3.8) is 0 Å². The van der Waals surface area contributed by atoms with Crippen LogP contribution in [-0.4, -0.2) is 109 Å². The number of benzene rings is 1. The molecular weight excluding hydrogens is 601 g/mol. The van der Waals surface area contributed by atoms with Crippen LogP contribution in [0.1, 0.15) is 70.7 Å². The van der Waals surface area contributed by atoms with Gasteiger partial charge in [-0.1, -0.05) is 0 Å². The largest absolute Gasteiger partial charge is 0.434 e. The summed E-state index contributed by atoms with van der Waals surface area (Å²) in [4.78, 5) is 24.2. The minimum absolute atomic E-state index is 0.0773. The van der Waals surface area contributed by atoms with Crippen molar-refractivity contribution in [3.05, 3.63) is 35.9 Å². The molecule has 0 unspecified atom stereocenters. The highest BCUT2D eigenvalue weighted by atomic mass is 32.2. The molecule has 14 heteroatoms. The van der Waals surface area contributed by atoms with Gasteiger partial charge in [-0.15, -0.1) is 10.2 Å². The molecule has 0 saturated carbocycles. The van der Waals surface area contributed by atoms with Gasteiger partial charge < -0.3 is 24.2 Å². The van der Waals surface area contributed by atoms with Crippen molar-refractivity contribution in [2.45, 2.75) is 84.5 Å². The number of nitrogens with zero attached hydrogens (tertiary/aromatic N) is 6. The van der Waals surface area contributed by atoms with Crippen molar-refractivity contribution in [2.24, 2.45) is 5.41 Å². The van der Waals surface area contributed by atoms with Gasteiger partial charge in [-0.25, -0.2) is 22.5 Å². The zero-order valence-corrected chi connectivity index (χ0v) is 27.7. The van der Waals surface area contributed by atoms with Gasteiger partial charge in [-0.3, -0.25) is 4.79 Å². The Balaban J connectivity index is 1.17. The molecule has 2 atom stereocenters. The number of halogens is 1. The highest BCUT2D eigenvalue weighted by Gasteiger charge is 2.46. The molecule has 3 aliphatic rings. The van der Waals surface area contributed by atoms with E-state index in [2.05, 4.69) is 29.7 Å². The molecule has 0 bridgehead atoms. The van der Waals surface area contributed by atoms with Gasteiger partial charge in [0.25, 0.3) is 11.8 Å². The van der Waals surface area contributed by atoms with E-state index in [0.29, 0.717) is 12.4 Å². The van der Waals surface area contributed by atoms with Crippen LogP contribution in [0.5, 0.6) is 11.6 Å². The number of piperidine rings is 1. The summed E-state index contributed by atoms with van der Waals surface area (Å²) in [6.07, 6.45) is 5.21. The Labute approximate surface area is 265 Å². The van der Waals surface area contributed by atoms with E-state index in [1.165, 1.54) is 24.5 Å². The van der Waals surface area contributed by atoms with Gasteiger partial charge in [0.2, 0.25) is 10.0 Å². The Morgan fingerprint density at radius 1 is 1.18 bits per heavy atom. The van der Waals surface area contributed by atoms with Crippen LogP contribution in [0.25, 0.3) is 0 Å². The first kappa shape index (κ1) is 33.4. The van der Waals surface area contributed by atoms with E-state index in [9.17, 15) is 17.6 Å². The number of hydrogen-bond acceptors (Lipinski definition) is 10. The number of likely N-dealkylation sites (tertiary alicyclic amines) is 1. The van der Waals surface area contributed by atoms with Gasteiger partial charge in [0.05, 0.1) is 24.0 Å². The normalized spacial score (nSPS) is 22.1. The van der Waals surface area contributed by atoms with Crippen molar-refractivity contribution in [2.75, 3.05) is 50.0 Å². The lowest BCUT2D eigenvalue weighted by atomic mass is 9.72. The topological polar surface area (TPSA) is 130 Å². The number of rotatable bonds is 11. The van der Waals surface area contributed by atoms with Crippen molar-refractivity contribution in [1.82, 2.24) is 29.7 Å². The molecular formula is C31H46FN7O5S. The Hall–Kier alpha value is -2.94. The molecule has 45 heavy (non-hydrogen) atoms. The number of anilines is 1. The minimum Gasteiger partial charge on any atom is -0.434 e. The van der Waals surface area contributed by atoms with Gasteiger partial charge in [-0.05, 0) is 91.6 Å². The van der Waals surface area contributed by atoms with E-state index in [1.54, 1.807) is 11.8 Å². The number of hydrogen-bond donors (Lipinski definition) is 1. The van der Waals surface area contributed by atoms with Crippen LogP contribution < -0.4 is 14.4 Å². The monoisotopic (exact) mass is 647 g/mol.